The Morgan fingerprint density at radius 2 is 2.05 bits per heavy atom. The highest BCUT2D eigenvalue weighted by Crippen LogP contribution is 2.09. The van der Waals surface area contributed by atoms with Crippen molar-refractivity contribution in [3.05, 3.63) is 18.5 Å². The number of piperazine rings is 1. The Morgan fingerprint density at radius 1 is 1.27 bits per heavy atom. The third-order valence-electron chi connectivity index (χ3n) is 4.31. The fraction of sp³-hybridized carbons (Fsp3) is 0.667. The Kier molecular flexibility index (Phi) is 5.18. The Labute approximate surface area is 131 Å². The van der Waals surface area contributed by atoms with Gasteiger partial charge >= 0.3 is 0 Å². The number of carbonyl (C=O) groups is 1. The molecule has 2 aliphatic heterocycles. The Bertz CT molecular complexity index is 468. The number of anilines is 1. The lowest BCUT2D eigenvalue weighted by Gasteiger charge is -2.34. The second-order valence-electron chi connectivity index (χ2n) is 5.82. The first-order chi connectivity index (χ1) is 10.8. The summed E-state index contributed by atoms with van der Waals surface area (Å²) < 4.78 is 0. The molecular weight excluding hydrogens is 280 g/mol. The lowest BCUT2D eigenvalue weighted by atomic mass is 10.2. The van der Waals surface area contributed by atoms with Crippen LogP contribution in [0.25, 0.3) is 0 Å². The Hall–Kier alpha value is -1.73. The van der Waals surface area contributed by atoms with E-state index < -0.39 is 0 Å². The van der Waals surface area contributed by atoms with Crippen molar-refractivity contribution >= 4 is 11.9 Å². The number of nitrogens with zero attached hydrogens (tertiary/aromatic N) is 4. The highest BCUT2D eigenvalue weighted by molar-refractivity contribution is 5.81. The summed E-state index contributed by atoms with van der Waals surface area (Å²) in [5.74, 6) is 0.955. The Balaban J connectivity index is 1.35. The molecule has 2 N–H and O–H groups in total. The molecule has 7 heteroatoms. The molecular formula is C15H24N6O. The average molecular weight is 304 g/mol. The molecule has 0 aromatic carbocycles. The summed E-state index contributed by atoms with van der Waals surface area (Å²) >= 11 is 0. The molecule has 2 aliphatic rings. The molecule has 0 spiro atoms. The van der Waals surface area contributed by atoms with Crippen LogP contribution >= 0.6 is 0 Å². The van der Waals surface area contributed by atoms with Gasteiger partial charge in [0.15, 0.2) is 0 Å². The van der Waals surface area contributed by atoms with E-state index in [9.17, 15) is 4.79 Å². The van der Waals surface area contributed by atoms with Gasteiger partial charge in [-0.25, -0.2) is 9.97 Å². The van der Waals surface area contributed by atoms with E-state index >= 15 is 0 Å². The molecule has 0 saturated carbocycles. The molecule has 1 aromatic heterocycles. The number of amides is 1. The number of aromatic nitrogens is 2. The minimum absolute atomic E-state index is 0.0204. The van der Waals surface area contributed by atoms with Crippen LogP contribution in [0.3, 0.4) is 0 Å². The quantitative estimate of drug-likeness (QED) is 0.762. The van der Waals surface area contributed by atoms with Gasteiger partial charge < -0.3 is 15.5 Å². The normalized spacial score (nSPS) is 22.7. The van der Waals surface area contributed by atoms with Crippen LogP contribution in [0.15, 0.2) is 18.5 Å². The first-order valence-corrected chi connectivity index (χ1v) is 8.08. The van der Waals surface area contributed by atoms with E-state index in [1.807, 2.05) is 6.07 Å². The second kappa shape index (κ2) is 7.51. The van der Waals surface area contributed by atoms with Crippen molar-refractivity contribution in [1.82, 2.24) is 25.5 Å². The average Bonchev–Trinajstić information content (AvgIpc) is 3.11. The molecule has 22 heavy (non-hydrogen) atoms. The van der Waals surface area contributed by atoms with Gasteiger partial charge in [-0.3, -0.25) is 9.69 Å². The molecule has 1 aromatic rings. The van der Waals surface area contributed by atoms with Crippen molar-refractivity contribution in [2.75, 3.05) is 50.7 Å². The molecule has 0 aliphatic carbocycles. The largest absolute Gasteiger partial charge is 0.353 e. The predicted octanol–water partition coefficient (Wildman–Crippen LogP) is -0.533. The van der Waals surface area contributed by atoms with Gasteiger partial charge in [-0.15, -0.1) is 0 Å². The van der Waals surface area contributed by atoms with Crippen LogP contribution in [-0.2, 0) is 4.79 Å². The summed E-state index contributed by atoms with van der Waals surface area (Å²) in [5.41, 5.74) is 0. The molecule has 3 heterocycles. The van der Waals surface area contributed by atoms with E-state index in [4.69, 9.17) is 0 Å². The molecule has 7 nitrogen and oxygen atoms in total. The topological polar surface area (TPSA) is 73.4 Å². The summed E-state index contributed by atoms with van der Waals surface area (Å²) in [5, 5.41) is 6.26. The minimum atomic E-state index is 0.0204. The van der Waals surface area contributed by atoms with Crippen molar-refractivity contribution in [3.63, 3.8) is 0 Å². The number of rotatable bonds is 5. The highest BCUT2D eigenvalue weighted by atomic mass is 16.2. The maximum Gasteiger partial charge on any atom is 0.237 e. The lowest BCUT2D eigenvalue weighted by molar-refractivity contribution is -0.122. The van der Waals surface area contributed by atoms with Crippen molar-refractivity contribution in [2.24, 2.45) is 0 Å². The fourth-order valence-corrected chi connectivity index (χ4v) is 2.99. The van der Waals surface area contributed by atoms with E-state index in [0.29, 0.717) is 0 Å². The molecule has 120 valence electrons. The van der Waals surface area contributed by atoms with Crippen LogP contribution < -0.4 is 15.5 Å². The van der Waals surface area contributed by atoms with Gasteiger partial charge in [-0.05, 0) is 25.5 Å². The molecule has 0 radical (unpaired) electrons. The molecule has 2 fully saturated rings. The van der Waals surface area contributed by atoms with Crippen molar-refractivity contribution < 1.29 is 4.79 Å². The van der Waals surface area contributed by atoms with Gasteiger partial charge in [0, 0.05) is 51.7 Å². The molecule has 3 rings (SSSR count). The molecule has 1 atom stereocenters. The molecule has 1 amide bonds. The fourth-order valence-electron chi connectivity index (χ4n) is 2.99. The van der Waals surface area contributed by atoms with Gasteiger partial charge in [0.05, 0.1) is 6.04 Å². The first kappa shape index (κ1) is 15.2. The third kappa shape index (κ3) is 3.92. The monoisotopic (exact) mass is 304 g/mol. The number of hydrogen-bond donors (Lipinski definition) is 2. The number of nitrogens with one attached hydrogen (secondary N) is 2. The zero-order valence-electron chi connectivity index (χ0n) is 12.9. The van der Waals surface area contributed by atoms with Crippen LogP contribution in [0.1, 0.15) is 12.8 Å². The van der Waals surface area contributed by atoms with Crippen molar-refractivity contribution in [3.8, 4) is 0 Å². The maximum atomic E-state index is 11.9. The van der Waals surface area contributed by atoms with Gasteiger partial charge in [-0.1, -0.05) is 0 Å². The van der Waals surface area contributed by atoms with E-state index in [1.165, 1.54) is 0 Å². The van der Waals surface area contributed by atoms with E-state index in [2.05, 4.69) is 30.4 Å². The van der Waals surface area contributed by atoms with Gasteiger partial charge in [0.2, 0.25) is 11.9 Å². The summed E-state index contributed by atoms with van der Waals surface area (Å²) in [7, 11) is 0. The lowest BCUT2D eigenvalue weighted by Crippen LogP contribution is -2.50. The first-order valence-electron chi connectivity index (χ1n) is 8.08. The minimum Gasteiger partial charge on any atom is -0.353 e. The van der Waals surface area contributed by atoms with Crippen LogP contribution in [0.5, 0.6) is 0 Å². The Morgan fingerprint density at radius 3 is 2.73 bits per heavy atom. The van der Waals surface area contributed by atoms with Gasteiger partial charge in [0.25, 0.3) is 0 Å². The zero-order chi connectivity index (χ0) is 15.2. The van der Waals surface area contributed by atoms with Crippen LogP contribution in [-0.4, -0.2) is 72.6 Å². The smallest absolute Gasteiger partial charge is 0.237 e. The standard InChI is InChI=1S/C15H24N6O/c22-14(13-3-1-4-16-13)17-7-8-20-9-11-21(12-10-20)15-18-5-2-6-19-15/h2,5-6,13,16H,1,3-4,7-12H2,(H,17,22)/t13-/m0/s1. The summed E-state index contributed by atoms with van der Waals surface area (Å²) in [6.45, 7) is 6.41. The van der Waals surface area contributed by atoms with Gasteiger partial charge in [-0.2, -0.15) is 0 Å². The number of carbonyl (C=O) groups excluding carboxylic acids is 1. The summed E-state index contributed by atoms with van der Waals surface area (Å²) in [6.07, 6.45) is 5.62. The number of hydrogen-bond acceptors (Lipinski definition) is 6. The van der Waals surface area contributed by atoms with Gasteiger partial charge in [0.1, 0.15) is 0 Å². The van der Waals surface area contributed by atoms with Crippen LogP contribution in [0, 0.1) is 0 Å². The van der Waals surface area contributed by atoms with Crippen molar-refractivity contribution in [1.29, 1.82) is 0 Å². The second-order valence-corrected chi connectivity index (χ2v) is 5.82. The zero-order valence-corrected chi connectivity index (χ0v) is 12.9. The van der Waals surface area contributed by atoms with E-state index in [-0.39, 0.29) is 11.9 Å². The predicted molar refractivity (Wildman–Crippen MR) is 84.7 cm³/mol. The van der Waals surface area contributed by atoms with Crippen molar-refractivity contribution in [2.45, 2.75) is 18.9 Å². The maximum absolute atomic E-state index is 11.9. The van der Waals surface area contributed by atoms with E-state index in [0.717, 1.165) is 64.6 Å². The summed E-state index contributed by atoms with van der Waals surface area (Å²) in [6, 6.07) is 1.86. The summed E-state index contributed by atoms with van der Waals surface area (Å²) in [4.78, 5) is 25.1. The SMILES string of the molecule is O=C(NCCN1CCN(c2ncccn2)CC1)[C@@H]1CCCN1. The third-order valence-corrected chi connectivity index (χ3v) is 4.31. The molecule has 0 bridgehead atoms. The highest BCUT2D eigenvalue weighted by Gasteiger charge is 2.22. The van der Waals surface area contributed by atoms with Crippen LogP contribution in [0.2, 0.25) is 0 Å². The van der Waals surface area contributed by atoms with Crippen LogP contribution in [0.4, 0.5) is 5.95 Å². The molecule has 0 unspecified atom stereocenters. The molecule has 2 saturated heterocycles. The van der Waals surface area contributed by atoms with E-state index in [1.54, 1.807) is 12.4 Å².